The van der Waals surface area contributed by atoms with Gasteiger partial charge in [-0.25, -0.2) is 32.1 Å². The summed E-state index contributed by atoms with van der Waals surface area (Å²) in [7, 11) is -3.88. The topological polar surface area (TPSA) is 129 Å². The van der Waals surface area contributed by atoms with Gasteiger partial charge in [0.15, 0.2) is 5.65 Å². The molecule has 11 nitrogen and oxygen atoms in total. The van der Waals surface area contributed by atoms with Crippen molar-refractivity contribution in [3.63, 3.8) is 0 Å². The van der Waals surface area contributed by atoms with Gasteiger partial charge in [0, 0.05) is 42.5 Å². The minimum Gasteiger partial charge on any atom is -0.444 e. The highest BCUT2D eigenvalue weighted by atomic mass is 35.5. The fraction of sp³-hybridized carbons (Fsp3) is 0.529. The Morgan fingerprint density at radius 2 is 1.89 bits per heavy atom. The number of halogens is 1. The molecule has 2 aliphatic carbocycles. The van der Waals surface area contributed by atoms with Gasteiger partial charge in [-0.05, 0) is 84.8 Å². The molecule has 3 aromatic heterocycles. The van der Waals surface area contributed by atoms with E-state index in [1.54, 1.807) is 48.6 Å². The van der Waals surface area contributed by atoms with Gasteiger partial charge in [-0.15, -0.1) is 0 Å². The Kier molecular flexibility index (Phi) is 9.39. The van der Waals surface area contributed by atoms with Crippen molar-refractivity contribution >= 4 is 44.7 Å². The molecule has 252 valence electrons. The number of amides is 1. The van der Waals surface area contributed by atoms with Crippen LogP contribution in [0.2, 0.25) is 5.02 Å². The molecule has 0 aromatic carbocycles. The number of rotatable bonds is 7. The summed E-state index contributed by atoms with van der Waals surface area (Å²) in [5.74, 6) is 0.417. The predicted molar refractivity (Wildman–Crippen MR) is 183 cm³/mol. The lowest BCUT2D eigenvalue weighted by Crippen LogP contribution is -2.44. The van der Waals surface area contributed by atoms with E-state index in [0.29, 0.717) is 52.8 Å². The van der Waals surface area contributed by atoms with Crippen LogP contribution in [0.25, 0.3) is 22.3 Å². The van der Waals surface area contributed by atoms with E-state index in [0.717, 1.165) is 38.5 Å². The highest BCUT2D eigenvalue weighted by Crippen LogP contribution is 2.38. The molecule has 1 amide bonds. The minimum absolute atomic E-state index is 0.0883. The van der Waals surface area contributed by atoms with Crippen molar-refractivity contribution in [1.82, 2.24) is 23.8 Å². The van der Waals surface area contributed by atoms with Crippen LogP contribution in [0.1, 0.15) is 72.6 Å². The molecule has 3 aromatic rings. The van der Waals surface area contributed by atoms with E-state index in [4.69, 9.17) is 26.1 Å². The number of ether oxygens (including phenoxy) is 2. The Labute approximate surface area is 281 Å². The van der Waals surface area contributed by atoms with Gasteiger partial charge in [-0.2, -0.15) is 0 Å². The maximum atomic E-state index is 14.0. The second-order valence-electron chi connectivity index (χ2n) is 13.8. The van der Waals surface area contributed by atoms with Crippen molar-refractivity contribution in [2.45, 2.75) is 101 Å². The molecular weight excluding hydrogens is 640 g/mol. The van der Waals surface area contributed by atoms with E-state index in [2.05, 4.69) is 15.3 Å². The van der Waals surface area contributed by atoms with Crippen LogP contribution < -0.4 is 5.32 Å². The first kappa shape index (κ1) is 33.4. The Balaban J connectivity index is 1.15. The van der Waals surface area contributed by atoms with Crippen molar-refractivity contribution < 1.29 is 22.7 Å². The molecule has 6 rings (SSSR count). The molecule has 4 heterocycles. The van der Waals surface area contributed by atoms with Crippen molar-refractivity contribution in [1.29, 1.82) is 0 Å². The first-order valence-electron chi connectivity index (χ1n) is 16.3. The second-order valence-corrected chi connectivity index (χ2v) is 16.5. The van der Waals surface area contributed by atoms with Gasteiger partial charge >= 0.3 is 6.09 Å². The number of hydrogen-bond donors (Lipinski definition) is 1. The van der Waals surface area contributed by atoms with Crippen molar-refractivity contribution in [2.75, 3.05) is 18.4 Å². The predicted octanol–water partition coefficient (Wildman–Crippen LogP) is 6.74. The lowest BCUT2D eigenvalue weighted by Gasteiger charge is -2.37. The van der Waals surface area contributed by atoms with Crippen LogP contribution in [0.4, 0.5) is 10.7 Å². The number of piperidine rings is 1. The van der Waals surface area contributed by atoms with Crippen LogP contribution in [0.3, 0.4) is 0 Å². The number of carbonyl (C=O) groups is 1. The average molecular weight is 683 g/mol. The summed E-state index contributed by atoms with van der Waals surface area (Å²) < 4.78 is 40.1. The summed E-state index contributed by atoms with van der Waals surface area (Å²) in [6, 6.07) is 3.69. The molecule has 3 aliphatic rings. The maximum absolute atomic E-state index is 14.0. The van der Waals surface area contributed by atoms with Crippen LogP contribution in [0, 0.1) is 0 Å². The van der Waals surface area contributed by atoms with Crippen LogP contribution >= 0.6 is 11.6 Å². The third-order valence-electron chi connectivity index (χ3n) is 9.04. The molecule has 1 N–H and O–H groups in total. The number of allylic oxidation sites excluding steroid dienone is 3. The van der Waals surface area contributed by atoms with Crippen LogP contribution in [-0.4, -0.2) is 80.0 Å². The van der Waals surface area contributed by atoms with E-state index in [1.807, 2.05) is 39.0 Å². The molecule has 0 bridgehead atoms. The molecular formula is C34H43ClN6O5S. The summed E-state index contributed by atoms with van der Waals surface area (Å²) in [5, 5.41) is 4.42. The molecule has 13 heteroatoms. The van der Waals surface area contributed by atoms with Gasteiger partial charge in [-0.1, -0.05) is 35.9 Å². The third kappa shape index (κ3) is 7.19. The molecule has 1 saturated carbocycles. The molecule has 3 atom stereocenters. The zero-order valence-electron chi connectivity index (χ0n) is 27.4. The molecule has 2 fully saturated rings. The fourth-order valence-electron chi connectivity index (χ4n) is 6.51. The summed E-state index contributed by atoms with van der Waals surface area (Å²) in [6.45, 7) is 8.58. The van der Waals surface area contributed by atoms with E-state index >= 15 is 0 Å². The van der Waals surface area contributed by atoms with Gasteiger partial charge in [0.05, 0.1) is 29.1 Å². The smallest absolute Gasteiger partial charge is 0.410 e. The first-order chi connectivity index (χ1) is 22.3. The molecule has 0 radical (unpaired) electrons. The number of nitrogens with zero attached hydrogens (tertiary/aromatic N) is 5. The number of nitrogens with one attached hydrogen (secondary N) is 1. The maximum Gasteiger partial charge on any atom is 0.410 e. The summed E-state index contributed by atoms with van der Waals surface area (Å²) >= 11 is 6.66. The minimum atomic E-state index is -3.88. The Bertz CT molecular complexity index is 1790. The lowest BCUT2D eigenvalue weighted by molar-refractivity contribution is -0.0592. The quantitative estimate of drug-likeness (QED) is 0.288. The standard InChI is InChI=1S/C34H43ClN6O5S/c1-33(2,3)46-32(42)40-18-13-24(14-19-40)45-25-11-8-10-23(20-25)38-31-37-21-28(35)29(39-31)27-22-41(30-26(27)12-9-17-36-30)47(43,44)34(4)15-6-5-7-16-34/h5-7,9,12,15,17,21-25H,8,10-11,13-14,16,18-20H2,1-4H3,(H,37,38,39). The number of pyridine rings is 1. The van der Waals surface area contributed by atoms with Crippen LogP contribution in [-0.2, 0) is 19.5 Å². The summed E-state index contributed by atoms with van der Waals surface area (Å²) in [5.41, 5.74) is 0.803. The van der Waals surface area contributed by atoms with Gasteiger partial charge < -0.3 is 19.7 Å². The molecule has 1 saturated heterocycles. The van der Waals surface area contributed by atoms with Crippen molar-refractivity contribution in [3.8, 4) is 11.3 Å². The lowest BCUT2D eigenvalue weighted by atomic mass is 9.92. The van der Waals surface area contributed by atoms with E-state index < -0.39 is 20.4 Å². The highest BCUT2D eigenvalue weighted by Gasteiger charge is 2.40. The zero-order chi connectivity index (χ0) is 33.4. The van der Waals surface area contributed by atoms with Crippen LogP contribution in [0.5, 0.6) is 0 Å². The number of aromatic nitrogens is 4. The molecule has 1 aliphatic heterocycles. The fourth-order valence-corrected chi connectivity index (χ4v) is 8.32. The van der Waals surface area contributed by atoms with Crippen molar-refractivity contribution in [3.05, 3.63) is 60.0 Å². The SMILES string of the molecule is CC(C)(C)OC(=O)N1CCC(OC2CCCC(Nc3ncc(Cl)c(-c4cn(S(=O)(=O)C5(C)C=CC=CC5)c5ncccc45)n3)C2)CC1. The molecule has 0 spiro atoms. The Morgan fingerprint density at radius 1 is 1.11 bits per heavy atom. The third-order valence-corrected chi connectivity index (χ3v) is 11.6. The molecule has 3 unspecified atom stereocenters. The largest absolute Gasteiger partial charge is 0.444 e. The Morgan fingerprint density at radius 3 is 2.62 bits per heavy atom. The average Bonchev–Trinajstić information content (AvgIpc) is 3.42. The van der Waals surface area contributed by atoms with Gasteiger partial charge in [-0.3, -0.25) is 0 Å². The monoisotopic (exact) mass is 682 g/mol. The zero-order valence-corrected chi connectivity index (χ0v) is 28.9. The van der Waals surface area contributed by atoms with Gasteiger partial charge in [0.1, 0.15) is 10.3 Å². The number of fused-ring (bicyclic) bond motifs is 1. The van der Waals surface area contributed by atoms with Gasteiger partial charge in [0.2, 0.25) is 16.0 Å². The van der Waals surface area contributed by atoms with Gasteiger partial charge in [0.25, 0.3) is 0 Å². The number of likely N-dealkylation sites (tertiary alicyclic amines) is 1. The summed E-state index contributed by atoms with van der Waals surface area (Å²) in [6.07, 6.45) is 17.4. The Hall–Kier alpha value is -3.48. The van der Waals surface area contributed by atoms with Crippen molar-refractivity contribution in [2.24, 2.45) is 0 Å². The van der Waals surface area contributed by atoms with E-state index in [1.165, 1.54) is 3.97 Å². The number of carbonyl (C=O) groups excluding carboxylic acids is 1. The number of anilines is 1. The number of hydrogen-bond acceptors (Lipinski definition) is 9. The highest BCUT2D eigenvalue weighted by molar-refractivity contribution is 7.91. The molecule has 47 heavy (non-hydrogen) atoms. The normalized spacial score (nSPS) is 24.1. The van der Waals surface area contributed by atoms with E-state index in [-0.39, 0.29) is 24.3 Å². The van der Waals surface area contributed by atoms with E-state index in [9.17, 15) is 13.2 Å². The summed E-state index contributed by atoms with van der Waals surface area (Å²) in [4.78, 5) is 27.9. The first-order valence-corrected chi connectivity index (χ1v) is 18.1. The van der Waals surface area contributed by atoms with Crippen LogP contribution in [0.15, 0.2) is 55.0 Å². The second kappa shape index (κ2) is 13.2.